The highest BCUT2D eigenvalue weighted by Crippen LogP contribution is 2.38. The van der Waals surface area contributed by atoms with Gasteiger partial charge in [0.1, 0.15) is 6.61 Å². The summed E-state index contributed by atoms with van der Waals surface area (Å²) in [6.45, 7) is 8.18. The molecule has 0 aromatic carbocycles. The second-order valence-corrected chi connectivity index (χ2v) is 4.95. The summed E-state index contributed by atoms with van der Waals surface area (Å²) in [5, 5.41) is 0. The Morgan fingerprint density at radius 1 is 1.50 bits per heavy atom. The average Bonchev–Trinajstić information content (AvgIpc) is 3.04. The summed E-state index contributed by atoms with van der Waals surface area (Å²) < 4.78 is 10.6. The molecule has 1 saturated carbocycles. The van der Waals surface area contributed by atoms with Crippen molar-refractivity contribution in [2.24, 2.45) is 11.8 Å². The van der Waals surface area contributed by atoms with E-state index in [-0.39, 0.29) is 11.9 Å². The molecule has 2 fully saturated rings. The first-order valence-electron chi connectivity index (χ1n) is 6.17. The molecule has 0 amide bonds. The number of ether oxygens (including phenoxy) is 2. The van der Waals surface area contributed by atoms with Crippen LogP contribution in [0.15, 0.2) is 0 Å². The van der Waals surface area contributed by atoms with Crippen LogP contribution in [-0.2, 0) is 14.3 Å². The van der Waals surface area contributed by atoms with Crippen LogP contribution in [0, 0.1) is 11.8 Å². The van der Waals surface area contributed by atoms with Crippen molar-refractivity contribution in [1.29, 1.82) is 0 Å². The van der Waals surface area contributed by atoms with E-state index in [0.717, 1.165) is 32.7 Å². The largest absolute Gasteiger partial charge is 0.464 e. The fraction of sp³-hybridized carbons (Fsp3) is 0.917. The first kappa shape index (κ1) is 11.9. The van der Waals surface area contributed by atoms with Gasteiger partial charge in [-0.25, -0.2) is 0 Å². The van der Waals surface area contributed by atoms with E-state index in [4.69, 9.17) is 9.47 Å². The van der Waals surface area contributed by atoms with Gasteiger partial charge in [-0.2, -0.15) is 0 Å². The van der Waals surface area contributed by atoms with Gasteiger partial charge in [0.2, 0.25) is 0 Å². The van der Waals surface area contributed by atoms with E-state index in [0.29, 0.717) is 18.6 Å². The van der Waals surface area contributed by atoms with Gasteiger partial charge in [0.05, 0.1) is 19.1 Å². The van der Waals surface area contributed by atoms with Gasteiger partial charge in [-0.1, -0.05) is 6.92 Å². The molecule has 16 heavy (non-hydrogen) atoms. The molecular formula is C12H21NO3. The Hall–Kier alpha value is -0.610. The van der Waals surface area contributed by atoms with Crippen LogP contribution in [0.25, 0.3) is 0 Å². The molecule has 0 radical (unpaired) electrons. The van der Waals surface area contributed by atoms with Crippen LogP contribution in [0.1, 0.15) is 20.3 Å². The van der Waals surface area contributed by atoms with Crippen LogP contribution in [0.2, 0.25) is 0 Å². The van der Waals surface area contributed by atoms with Gasteiger partial charge >= 0.3 is 5.97 Å². The maximum Gasteiger partial charge on any atom is 0.309 e. The fourth-order valence-corrected chi connectivity index (χ4v) is 2.08. The fourth-order valence-electron chi connectivity index (χ4n) is 2.08. The van der Waals surface area contributed by atoms with Crippen molar-refractivity contribution in [2.45, 2.75) is 26.3 Å². The van der Waals surface area contributed by atoms with Crippen molar-refractivity contribution in [3.63, 3.8) is 0 Å². The zero-order valence-electron chi connectivity index (χ0n) is 10.1. The molecule has 1 saturated heterocycles. The normalized spacial score (nSPS) is 32.1. The quantitative estimate of drug-likeness (QED) is 0.669. The van der Waals surface area contributed by atoms with E-state index in [1.165, 1.54) is 0 Å². The highest BCUT2D eigenvalue weighted by atomic mass is 16.5. The second-order valence-electron chi connectivity index (χ2n) is 4.95. The molecule has 1 aliphatic heterocycles. The third-order valence-corrected chi connectivity index (χ3v) is 3.55. The smallest absolute Gasteiger partial charge is 0.309 e. The molecule has 0 unspecified atom stereocenters. The Morgan fingerprint density at radius 2 is 2.12 bits per heavy atom. The molecule has 0 aromatic rings. The molecule has 0 N–H and O–H groups in total. The lowest BCUT2D eigenvalue weighted by Crippen LogP contribution is -2.44. The van der Waals surface area contributed by atoms with Gasteiger partial charge in [0.25, 0.3) is 0 Å². The van der Waals surface area contributed by atoms with Crippen molar-refractivity contribution in [3.05, 3.63) is 0 Å². The Bertz CT molecular complexity index is 251. The number of carbonyl (C=O) groups excluding carboxylic acids is 1. The lowest BCUT2D eigenvalue weighted by molar-refractivity contribution is -0.147. The number of hydrogen-bond donors (Lipinski definition) is 0. The highest BCUT2D eigenvalue weighted by Gasteiger charge is 2.40. The van der Waals surface area contributed by atoms with Gasteiger partial charge in [0, 0.05) is 19.1 Å². The van der Waals surface area contributed by atoms with Crippen LogP contribution in [0.4, 0.5) is 0 Å². The van der Waals surface area contributed by atoms with E-state index in [9.17, 15) is 4.79 Å². The van der Waals surface area contributed by atoms with Gasteiger partial charge in [-0.3, -0.25) is 9.69 Å². The van der Waals surface area contributed by atoms with Crippen molar-refractivity contribution >= 4 is 5.97 Å². The number of rotatable bonds is 4. The van der Waals surface area contributed by atoms with Crippen LogP contribution < -0.4 is 0 Å². The third kappa shape index (κ3) is 2.95. The van der Waals surface area contributed by atoms with Gasteiger partial charge in [-0.05, 0) is 19.3 Å². The number of carbonyl (C=O) groups is 1. The number of nitrogens with zero attached hydrogens (tertiary/aromatic N) is 1. The minimum atomic E-state index is -0.00684. The predicted octanol–water partition coefficient (Wildman–Crippen LogP) is 0.906. The summed E-state index contributed by atoms with van der Waals surface area (Å²) in [6.07, 6.45) is 1.00. The van der Waals surface area contributed by atoms with Gasteiger partial charge in [-0.15, -0.1) is 0 Å². The summed E-state index contributed by atoms with van der Waals surface area (Å²) in [4.78, 5) is 13.9. The summed E-state index contributed by atoms with van der Waals surface area (Å²) in [5.41, 5.74) is 0. The molecule has 4 nitrogen and oxygen atoms in total. The van der Waals surface area contributed by atoms with E-state index in [1.807, 2.05) is 0 Å². The average molecular weight is 227 g/mol. The Balaban J connectivity index is 1.66. The topological polar surface area (TPSA) is 38.8 Å². The van der Waals surface area contributed by atoms with Crippen LogP contribution in [0.3, 0.4) is 0 Å². The maximum atomic E-state index is 11.5. The molecular weight excluding hydrogens is 206 g/mol. The highest BCUT2D eigenvalue weighted by molar-refractivity contribution is 5.75. The standard InChI is InChI=1S/C12H21NO3/c1-9-7-11(9)12(14)16-8-10(2)13-3-5-15-6-4-13/h9-11H,3-8H2,1-2H3/t9-,10+,11+/m1/s1. The Kier molecular flexibility index (Phi) is 3.82. The zero-order chi connectivity index (χ0) is 11.5. The number of hydrogen-bond acceptors (Lipinski definition) is 4. The van der Waals surface area contributed by atoms with E-state index in [1.54, 1.807) is 0 Å². The summed E-state index contributed by atoms with van der Waals surface area (Å²) >= 11 is 0. The first-order valence-corrected chi connectivity index (χ1v) is 6.17. The number of esters is 1. The second kappa shape index (κ2) is 5.15. The lowest BCUT2D eigenvalue weighted by atomic mass is 10.2. The maximum absolute atomic E-state index is 11.5. The monoisotopic (exact) mass is 227 g/mol. The molecule has 3 atom stereocenters. The minimum absolute atomic E-state index is 0.00684. The molecule has 2 aliphatic rings. The summed E-state index contributed by atoms with van der Waals surface area (Å²) in [7, 11) is 0. The molecule has 92 valence electrons. The van der Waals surface area contributed by atoms with Gasteiger partial charge < -0.3 is 9.47 Å². The predicted molar refractivity (Wildman–Crippen MR) is 60.1 cm³/mol. The molecule has 1 heterocycles. The molecule has 4 heteroatoms. The van der Waals surface area contributed by atoms with E-state index in [2.05, 4.69) is 18.7 Å². The van der Waals surface area contributed by atoms with E-state index >= 15 is 0 Å². The molecule has 0 spiro atoms. The zero-order valence-corrected chi connectivity index (χ0v) is 10.1. The molecule has 1 aliphatic carbocycles. The minimum Gasteiger partial charge on any atom is -0.464 e. The third-order valence-electron chi connectivity index (χ3n) is 3.55. The van der Waals surface area contributed by atoms with Gasteiger partial charge in [0.15, 0.2) is 0 Å². The molecule has 0 bridgehead atoms. The lowest BCUT2D eigenvalue weighted by Gasteiger charge is -2.31. The van der Waals surface area contributed by atoms with Crippen LogP contribution >= 0.6 is 0 Å². The summed E-state index contributed by atoms with van der Waals surface area (Å²) in [6, 6.07) is 0.307. The SMILES string of the molecule is C[C@@H]1C[C@@H]1C(=O)OC[C@H](C)N1CCOCC1. The van der Waals surface area contributed by atoms with Crippen molar-refractivity contribution in [2.75, 3.05) is 32.9 Å². The number of morpholine rings is 1. The Labute approximate surface area is 96.9 Å². The van der Waals surface area contributed by atoms with Crippen LogP contribution in [0.5, 0.6) is 0 Å². The Morgan fingerprint density at radius 3 is 2.69 bits per heavy atom. The molecule has 0 aromatic heterocycles. The van der Waals surface area contributed by atoms with Crippen molar-refractivity contribution in [3.8, 4) is 0 Å². The van der Waals surface area contributed by atoms with Crippen LogP contribution in [-0.4, -0.2) is 49.8 Å². The molecule has 2 rings (SSSR count). The van der Waals surface area contributed by atoms with Crippen molar-refractivity contribution < 1.29 is 14.3 Å². The first-order chi connectivity index (χ1) is 7.68. The summed E-state index contributed by atoms with van der Waals surface area (Å²) in [5.74, 6) is 0.704. The van der Waals surface area contributed by atoms with Crippen molar-refractivity contribution in [1.82, 2.24) is 4.90 Å². The van der Waals surface area contributed by atoms with E-state index < -0.39 is 0 Å².